The molecule has 0 aliphatic carbocycles. The third-order valence-corrected chi connectivity index (χ3v) is 13.7. The first-order valence-corrected chi connectivity index (χ1v) is 29.7. The molecule has 0 bridgehead atoms. The molecule has 0 radical (unpaired) electrons. The molecule has 0 rings (SSSR count). The zero-order valence-corrected chi connectivity index (χ0v) is 45.3. The largest absolute Gasteiger partial charge is 0.462 e. The molecule has 0 N–H and O–H groups in total. The molecule has 66 heavy (non-hydrogen) atoms. The van der Waals surface area contributed by atoms with Crippen molar-refractivity contribution in [2.75, 3.05) is 13.2 Å². The summed E-state index contributed by atoms with van der Waals surface area (Å²) < 4.78 is 16.9. The average Bonchev–Trinajstić information content (AvgIpc) is 3.29. The van der Waals surface area contributed by atoms with Gasteiger partial charge in [-0.05, 0) is 31.1 Å². The molecule has 6 heteroatoms. The highest BCUT2D eigenvalue weighted by Gasteiger charge is 2.19. The average molecular weight is 934 g/mol. The number of carbonyl (C=O) groups excluding carboxylic acids is 3. The summed E-state index contributed by atoms with van der Waals surface area (Å²) in [6, 6.07) is 0. The van der Waals surface area contributed by atoms with E-state index in [2.05, 4.69) is 34.6 Å². The Labute approximate surface area is 412 Å². The predicted molar refractivity (Wildman–Crippen MR) is 284 cm³/mol. The Bertz CT molecular complexity index is 1010. The third-order valence-electron chi connectivity index (χ3n) is 13.7. The molecule has 0 aromatic heterocycles. The van der Waals surface area contributed by atoms with Crippen LogP contribution < -0.4 is 0 Å². The summed E-state index contributed by atoms with van der Waals surface area (Å²) >= 11 is 0. The monoisotopic (exact) mass is 933 g/mol. The van der Waals surface area contributed by atoms with Crippen molar-refractivity contribution in [3.63, 3.8) is 0 Å². The molecule has 0 amide bonds. The van der Waals surface area contributed by atoms with E-state index in [0.29, 0.717) is 19.3 Å². The summed E-state index contributed by atoms with van der Waals surface area (Å²) in [6.07, 6.45) is 56.8. The first-order valence-electron chi connectivity index (χ1n) is 29.7. The van der Waals surface area contributed by atoms with Gasteiger partial charge in [0.2, 0.25) is 0 Å². The Morgan fingerprint density at radius 2 is 0.500 bits per heavy atom. The lowest BCUT2D eigenvalue weighted by Gasteiger charge is -2.18. The molecule has 0 saturated carbocycles. The summed E-state index contributed by atoms with van der Waals surface area (Å²) in [5.41, 5.74) is 0. The molecule has 0 unspecified atom stereocenters. The molecule has 392 valence electrons. The minimum absolute atomic E-state index is 0.0625. The van der Waals surface area contributed by atoms with Gasteiger partial charge in [0.15, 0.2) is 6.10 Å². The summed E-state index contributed by atoms with van der Waals surface area (Å²) in [5.74, 6) is 0.867. The molecule has 0 aromatic rings. The second-order valence-electron chi connectivity index (χ2n) is 21.6. The molecular weight excluding hydrogens is 817 g/mol. The van der Waals surface area contributed by atoms with Crippen LogP contribution in [0.5, 0.6) is 0 Å². The van der Waals surface area contributed by atoms with E-state index in [0.717, 1.165) is 69.6 Å². The van der Waals surface area contributed by atoms with Crippen LogP contribution in [-0.2, 0) is 28.6 Å². The quantitative estimate of drug-likeness (QED) is 0.0343. The Morgan fingerprint density at radius 3 is 0.742 bits per heavy atom. The van der Waals surface area contributed by atoms with Gasteiger partial charge < -0.3 is 14.2 Å². The number of carbonyl (C=O) groups is 3. The number of hydrogen-bond donors (Lipinski definition) is 0. The molecule has 0 saturated heterocycles. The zero-order chi connectivity index (χ0) is 48.2. The van der Waals surface area contributed by atoms with E-state index in [1.54, 1.807) is 0 Å². The van der Waals surface area contributed by atoms with Gasteiger partial charge in [0.25, 0.3) is 0 Å². The van der Waals surface area contributed by atoms with E-state index in [-0.39, 0.29) is 31.1 Å². The lowest BCUT2D eigenvalue weighted by atomic mass is 10.0. The first kappa shape index (κ1) is 64.4. The van der Waals surface area contributed by atoms with Crippen molar-refractivity contribution in [2.45, 2.75) is 343 Å². The van der Waals surface area contributed by atoms with Gasteiger partial charge >= 0.3 is 17.9 Å². The fraction of sp³-hybridized carbons (Fsp3) is 0.950. The third kappa shape index (κ3) is 53.4. The summed E-state index contributed by atoms with van der Waals surface area (Å²) in [4.78, 5) is 38.1. The van der Waals surface area contributed by atoms with Crippen LogP contribution in [0.4, 0.5) is 0 Å². The second-order valence-corrected chi connectivity index (χ2v) is 21.6. The highest BCUT2D eigenvalue weighted by molar-refractivity contribution is 5.71. The number of unbranched alkanes of at least 4 members (excludes halogenated alkanes) is 39. The molecule has 0 aromatic carbocycles. The molecule has 0 aliphatic heterocycles. The van der Waals surface area contributed by atoms with Crippen molar-refractivity contribution < 1.29 is 28.6 Å². The molecule has 0 aliphatic rings. The van der Waals surface area contributed by atoms with Crippen molar-refractivity contribution in [1.82, 2.24) is 0 Å². The molecular formula is C60H116O6. The van der Waals surface area contributed by atoms with E-state index >= 15 is 0 Å². The summed E-state index contributed by atoms with van der Waals surface area (Å²) in [6.45, 7) is 11.4. The van der Waals surface area contributed by atoms with Crippen LogP contribution in [0, 0.1) is 11.8 Å². The van der Waals surface area contributed by atoms with Crippen LogP contribution in [0.25, 0.3) is 0 Å². The fourth-order valence-electron chi connectivity index (χ4n) is 9.23. The minimum Gasteiger partial charge on any atom is -0.462 e. The standard InChI is InChI=1S/C60H116O6/c1-6-7-8-9-10-28-35-40-45-50-58(61)64-53-57(66-60(63)52-47-42-37-32-27-23-19-15-17-21-25-30-34-39-44-49-56(4)5)54-65-59(62)51-46-41-36-31-26-22-18-14-12-11-13-16-20-24-29-33-38-43-48-55(2)3/h55-57H,6-54H2,1-5H3/t57-/m1/s1. The van der Waals surface area contributed by atoms with Gasteiger partial charge in [0.05, 0.1) is 0 Å². The van der Waals surface area contributed by atoms with Gasteiger partial charge in [0.1, 0.15) is 13.2 Å². The van der Waals surface area contributed by atoms with Gasteiger partial charge in [-0.2, -0.15) is 0 Å². The lowest BCUT2D eigenvalue weighted by Crippen LogP contribution is -2.30. The Balaban J connectivity index is 4.18. The van der Waals surface area contributed by atoms with Crippen molar-refractivity contribution in [3.05, 3.63) is 0 Å². The number of hydrogen-bond acceptors (Lipinski definition) is 6. The SMILES string of the molecule is CCCCCCCCCCCC(=O)OC[C@H](COC(=O)CCCCCCCCCCCCCCCCCCCCC(C)C)OC(=O)CCCCCCCCCCCCCCCCCC(C)C. The van der Waals surface area contributed by atoms with Gasteiger partial charge in [-0.25, -0.2) is 0 Å². The van der Waals surface area contributed by atoms with E-state index in [1.165, 1.54) is 225 Å². The second kappa shape index (κ2) is 52.8. The van der Waals surface area contributed by atoms with Crippen molar-refractivity contribution in [2.24, 2.45) is 11.8 Å². The van der Waals surface area contributed by atoms with E-state index in [1.807, 2.05) is 0 Å². The lowest BCUT2D eigenvalue weighted by molar-refractivity contribution is -0.167. The molecule has 0 heterocycles. The normalized spacial score (nSPS) is 12.0. The highest BCUT2D eigenvalue weighted by atomic mass is 16.6. The number of ether oxygens (including phenoxy) is 3. The Kier molecular flexibility index (Phi) is 51.5. The van der Waals surface area contributed by atoms with E-state index in [4.69, 9.17) is 14.2 Å². The van der Waals surface area contributed by atoms with Gasteiger partial charge in [-0.15, -0.1) is 0 Å². The minimum atomic E-state index is -0.762. The molecule has 0 spiro atoms. The van der Waals surface area contributed by atoms with Crippen molar-refractivity contribution in [3.8, 4) is 0 Å². The smallest absolute Gasteiger partial charge is 0.306 e. The maximum Gasteiger partial charge on any atom is 0.306 e. The number of rotatable bonds is 54. The van der Waals surface area contributed by atoms with Crippen molar-refractivity contribution >= 4 is 17.9 Å². The van der Waals surface area contributed by atoms with Gasteiger partial charge in [0, 0.05) is 19.3 Å². The maximum absolute atomic E-state index is 12.8. The molecule has 6 nitrogen and oxygen atoms in total. The van der Waals surface area contributed by atoms with Crippen molar-refractivity contribution in [1.29, 1.82) is 0 Å². The number of esters is 3. The molecule has 1 atom stereocenters. The fourth-order valence-corrected chi connectivity index (χ4v) is 9.23. The van der Waals surface area contributed by atoms with Crippen LogP contribution in [0.2, 0.25) is 0 Å². The topological polar surface area (TPSA) is 78.9 Å². The van der Waals surface area contributed by atoms with E-state index in [9.17, 15) is 14.4 Å². The van der Waals surface area contributed by atoms with Gasteiger partial charge in [-0.1, -0.05) is 298 Å². The van der Waals surface area contributed by atoms with Crippen LogP contribution in [-0.4, -0.2) is 37.2 Å². The zero-order valence-electron chi connectivity index (χ0n) is 45.3. The predicted octanol–water partition coefficient (Wildman–Crippen LogP) is 19.7. The van der Waals surface area contributed by atoms with Crippen LogP contribution in [0.3, 0.4) is 0 Å². The highest BCUT2D eigenvalue weighted by Crippen LogP contribution is 2.18. The summed E-state index contributed by atoms with van der Waals surface area (Å²) in [7, 11) is 0. The van der Waals surface area contributed by atoms with Crippen LogP contribution in [0.15, 0.2) is 0 Å². The molecule has 0 fully saturated rings. The first-order chi connectivity index (χ1) is 32.2. The van der Waals surface area contributed by atoms with Gasteiger partial charge in [-0.3, -0.25) is 14.4 Å². The van der Waals surface area contributed by atoms with Crippen LogP contribution >= 0.6 is 0 Å². The Hall–Kier alpha value is -1.59. The Morgan fingerprint density at radius 1 is 0.288 bits per heavy atom. The van der Waals surface area contributed by atoms with Crippen LogP contribution in [0.1, 0.15) is 336 Å². The summed E-state index contributed by atoms with van der Waals surface area (Å²) in [5, 5.41) is 0. The van der Waals surface area contributed by atoms with E-state index < -0.39 is 6.10 Å². The maximum atomic E-state index is 12.8.